The SMILES string of the molecule is COc1cc(CNC(=O)c2ccc(NC(=O)C3CC3)cc2)ccc1OCc1ccccc1. The summed E-state index contributed by atoms with van der Waals surface area (Å²) in [5, 5.41) is 5.78. The number of hydrogen-bond acceptors (Lipinski definition) is 4. The Morgan fingerprint density at radius 1 is 0.906 bits per heavy atom. The summed E-state index contributed by atoms with van der Waals surface area (Å²) in [6.45, 7) is 0.804. The molecule has 4 rings (SSSR count). The molecule has 164 valence electrons. The monoisotopic (exact) mass is 430 g/mol. The highest BCUT2D eigenvalue weighted by Crippen LogP contribution is 2.30. The lowest BCUT2D eigenvalue weighted by Crippen LogP contribution is -2.22. The lowest BCUT2D eigenvalue weighted by Gasteiger charge is -2.13. The van der Waals surface area contributed by atoms with Gasteiger partial charge in [-0.25, -0.2) is 0 Å². The Hall–Kier alpha value is -3.80. The van der Waals surface area contributed by atoms with Crippen molar-refractivity contribution < 1.29 is 19.1 Å². The third-order valence-electron chi connectivity index (χ3n) is 5.28. The molecular formula is C26H26N2O4. The number of ether oxygens (including phenoxy) is 2. The first-order chi connectivity index (χ1) is 15.6. The number of methoxy groups -OCH3 is 1. The van der Waals surface area contributed by atoms with Crippen LogP contribution in [0.1, 0.15) is 34.3 Å². The summed E-state index contributed by atoms with van der Waals surface area (Å²) >= 11 is 0. The lowest BCUT2D eigenvalue weighted by molar-refractivity contribution is -0.117. The van der Waals surface area contributed by atoms with E-state index in [4.69, 9.17) is 9.47 Å². The predicted molar refractivity (Wildman–Crippen MR) is 123 cm³/mol. The Bertz CT molecular complexity index is 1080. The van der Waals surface area contributed by atoms with Crippen molar-refractivity contribution in [1.29, 1.82) is 0 Å². The van der Waals surface area contributed by atoms with E-state index >= 15 is 0 Å². The van der Waals surface area contributed by atoms with Gasteiger partial charge in [-0.15, -0.1) is 0 Å². The maximum atomic E-state index is 12.5. The fourth-order valence-corrected chi connectivity index (χ4v) is 3.26. The van der Waals surface area contributed by atoms with E-state index < -0.39 is 0 Å². The van der Waals surface area contributed by atoms with E-state index in [1.807, 2.05) is 48.5 Å². The van der Waals surface area contributed by atoms with Crippen molar-refractivity contribution in [2.75, 3.05) is 12.4 Å². The summed E-state index contributed by atoms with van der Waals surface area (Å²) in [6.07, 6.45) is 1.91. The minimum atomic E-state index is -0.187. The van der Waals surface area contributed by atoms with Crippen LogP contribution >= 0.6 is 0 Å². The highest BCUT2D eigenvalue weighted by atomic mass is 16.5. The first kappa shape index (κ1) is 21.4. The van der Waals surface area contributed by atoms with Gasteiger partial charge in [-0.2, -0.15) is 0 Å². The Morgan fingerprint density at radius 2 is 1.66 bits per heavy atom. The molecule has 1 aliphatic carbocycles. The van der Waals surface area contributed by atoms with Gasteiger partial charge in [0.1, 0.15) is 6.61 Å². The van der Waals surface area contributed by atoms with Gasteiger partial charge in [0, 0.05) is 23.7 Å². The van der Waals surface area contributed by atoms with E-state index in [9.17, 15) is 9.59 Å². The molecule has 6 heteroatoms. The zero-order valence-electron chi connectivity index (χ0n) is 18.0. The minimum Gasteiger partial charge on any atom is -0.493 e. The summed E-state index contributed by atoms with van der Waals surface area (Å²) < 4.78 is 11.3. The molecule has 1 fully saturated rings. The minimum absolute atomic E-state index is 0.0485. The van der Waals surface area contributed by atoms with Crippen molar-refractivity contribution in [1.82, 2.24) is 5.32 Å². The molecule has 2 amide bonds. The predicted octanol–water partition coefficient (Wildman–Crippen LogP) is 4.55. The fourth-order valence-electron chi connectivity index (χ4n) is 3.26. The molecule has 1 aliphatic rings. The highest BCUT2D eigenvalue weighted by Gasteiger charge is 2.29. The highest BCUT2D eigenvalue weighted by molar-refractivity contribution is 5.96. The molecule has 0 bridgehead atoms. The molecule has 0 saturated heterocycles. The maximum absolute atomic E-state index is 12.5. The molecule has 32 heavy (non-hydrogen) atoms. The van der Waals surface area contributed by atoms with Crippen molar-refractivity contribution in [2.45, 2.75) is 26.0 Å². The van der Waals surface area contributed by atoms with Gasteiger partial charge in [0.15, 0.2) is 11.5 Å². The van der Waals surface area contributed by atoms with E-state index in [0.29, 0.717) is 35.9 Å². The fraction of sp³-hybridized carbons (Fsp3) is 0.231. The molecule has 0 atom stereocenters. The largest absolute Gasteiger partial charge is 0.493 e. The van der Waals surface area contributed by atoms with Crippen LogP contribution in [0.25, 0.3) is 0 Å². The van der Waals surface area contributed by atoms with E-state index in [2.05, 4.69) is 10.6 Å². The zero-order valence-corrected chi connectivity index (χ0v) is 18.0. The average molecular weight is 431 g/mol. The number of benzene rings is 3. The second kappa shape index (κ2) is 10.0. The summed E-state index contributed by atoms with van der Waals surface area (Å²) in [4.78, 5) is 24.3. The van der Waals surface area contributed by atoms with Gasteiger partial charge in [0.2, 0.25) is 5.91 Å². The third-order valence-corrected chi connectivity index (χ3v) is 5.28. The number of rotatable bonds is 9. The first-order valence-electron chi connectivity index (χ1n) is 10.6. The number of nitrogens with one attached hydrogen (secondary N) is 2. The molecule has 0 spiro atoms. The van der Waals surface area contributed by atoms with Gasteiger partial charge in [0.05, 0.1) is 7.11 Å². The first-order valence-corrected chi connectivity index (χ1v) is 10.6. The van der Waals surface area contributed by atoms with Crippen LogP contribution in [0.4, 0.5) is 5.69 Å². The van der Waals surface area contributed by atoms with Gasteiger partial charge in [-0.3, -0.25) is 9.59 Å². The van der Waals surface area contributed by atoms with Crippen LogP contribution < -0.4 is 20.1 Å². The van der Waals surface area contributed by atoms with Crippen molar-refractivity contribution in [3.05, 3.63) is 89.5 Å². The van der Waals surface area contributed by atoms with Gasteiger partial charge >= 0.3 is 0 Å². The molecular weight excluding hydrogens is 404 g/mol. The number of amides is 2. The van der Waals surface area contributed by atoms with Gasteiger partial charge < -0.3 is 20.1 Å². The Labute approximate surface area is 187 Å². The number of carbonyl (C=O) groups is 2. The quantitative estimate of drug-likeness (QED) is 0.522. The van der Waals surface area contributed by atoms with Crippen LogP contribution in [-0.2, 0) is 17.9 Å². The van der Waals surface area contributed by atoms with E-state index in [1.165, 1.54) is 0 Å². The molecule has 1 saturated carbocycles. The molecule has 3 aromatic rings. The molecule has 0 unspecified atom stereocenters. The van der Waals surface area contributed by atoms with Crippen molar-refractivity contribution in [2.24, 2.45) is 5.92 Å². The molecule has 3 aromatic carbocycles. The zero-order chi connectivity index (χ0) is 22.3. The van der Waals surface area contributed by atoms with Crippen LogP contribution in [0.5, 0.6) is 11.5 Å². The molecule has 2 N–H and O–H groups in total. The number of hydrogen-bond donors (Lipinski definition) is 2. The molecule has 0 aliphatic heterocycles. The van der Waals surface area contributed by atoms with Crippen LogP contribution in [-0.4, -0.2) is 18.9 Å². The van der Waals surface area contributed by atoms with Gasteiger partial charge in [0.25, 0.3) is 5.91 Å². The number of anilines is 1. The summed E-state index contributed by atoms with van der Waals surface area (Å²) in [7, 11) is 1.59. The second-order valence-corrected chi connectivity index (χ2v) is 7.78. The normalized spacial score (nSPS) is 12.7. The average Bonchev–Trinajstić information content (AvgIpc) is 3.68. The second-order valence-electron chi connectivity index (χ2n) is 7.78. The Morgan fingerprint density at radius 3 is 2.34 bits per heavy atom. The van der Waals surface area contributed by atoms with Crippen LogP contribution in [0.15, 0.2) is 72.8 Å². The molecule has 0 radical (unpaired) electrons. The maximum Gasteiger partial charge on any atom is 0.251 e. The summed E-state index contributed by atoms with van der Waals surface area (Å²) in [5.74, 6) is 1.27. The lowest BCUT2D eigenvalue weighted by atomic mass is 10.1. The molecule has 0 heterocycles. The van der Waals surface area contributed by atoms with E-state index in [1.54, 1.807) is 31.4 Å². The third kappa shape index (κ3) is 5.66. The van der Waals surface area contributed by atoms with Crippen LogP contribution in [0.3, 0.4) is 0 Å². The Kier molecular flexibility index (Phi) is 6.70. The van der Waals surface area contributed by atoms with Gasteiger partial charge in [-0.05, 0) is 60.4 Å². The standard InChI is InChI=1S/C26H26N2O4/c1-31-24-15-19(7-14-23(24)32-17-18-5-3-2-4-6-18)16-27-25(29)20-10-12-22(13-11-20)28-26(30)21-8-9-21/h2-7,10-15,21H,8-9,16-17H2,1H3,(H,27,29)(H,28,30). The van der Waals surface area contributed by atoms with Crippen LogP contribution in [0, 0.1) is 5.92 Å². The van der Waals surface area contributed by atoms with Crippen molar-refractivity contribution in [3.8, 4) is 11.5 Å². The van der Waals surface area contributed by atoms with E-state index in [-0.39, 0.29) is 17.7 Å². The van der Waals surface area contributed by atoms with Crippen LogP contribution in [0.2, 0.25) is 0 Å². The Balaban J connectivity index is 1.31. The van der Waals surface area contributed by atoms with E-state index in [0.717, 1.165) is 24.0 Å². The molecule has 6 nitrogen and oxygen atoms in total. The van der Waals surface area contributed by atoms with Crippen molar-refractivity contribution >= 4 is 17.5 Å². The van der Waals surface area contributed by atoms with Gasteiger partial charge in [-0.1, -0.05) is 36.4 Å². The number of carbonyl (C=O) groups excluding carboxylic acids is 2. The molecule has 0 aromatic heterocycles. The smallest absolute Gasteiger partial charge is 0.251 e. The summed E-state index contributed by atoms with van der Waals surface area (Å²) in [5.41, 5.74) is 3.21. The van der Waals surface area contributed by atoms with Crippen molar-refractivity contribution in [3.63, 3.8) is 0 Å². The summed E-state index contributed by atoms with van der Waals surface area (Å²) in [6, 6.07) is 22.4. The topological polar surface area (TPSA) is 76.7 Å².